The standard InChI is InChI=1S/C39H42F6N2O10/c1-20-32(54-18-22-11-7-5-8-12-22)26(46-35(51)38(40,41)42)16-27(56-20)24-15-25(31(49)29(30(24)48)34(50)53-4)28-17-37(3,47-36(52)39(43,44)45)33(21(2)57-28)55-19-23-13-9-6-10-14-23/h5-15,20-21,26-28,32-33,48-49H,16-19H2,1-4H3,(H,46,51)(H,47,52)/t20?,21?,26-,27-,28+,32-,33-,37-/m1/s1. The van der Waals surface area contributed by atoms with Gasteiger partial charge in [-0.05, 0) is 38.0 Å². The van der Waals surface area contributed by atoms with Gasteiger partial charge in [-0.15, -0.1) is 0 Å². The third-order valence-corrected chi connectivity index (χ3v) is 9.95. The number of hydrogen-bond acceptors (Lipinski definition) is 10. The summed E-state index contributed by atoms with van der Waals surface area (Å²) in [6, 6.07) is 17.0. The zero-order chi connectivity index (χ0) is 41.9. The number of esters is 1. The molecule has 2 amide bonds. The van der Waals surface area contributed by atoms with Gasteiger partial charge in [0.25, 0.3) is 0 Å². The van der Waals surface area contributed by atoms with E-state index < -0.39 is 108 Å². The van der Waals surface area contributed by atoms with Crippen LogP contribution in [0.4, 0.5) is 26.3 Å². The maximum Gasteiger partial charge on any atom is 0.471 e. The fourth-order valence-corrected chi connectivity index (χ4v) is 7.30. The third-order valence-electron chi connectivity index (χ3n) is 9.95. The van der Waals surface area contributed by atoms with Crippen LogP contribution in [0.15, 0.2) is 66.7 Å². The van der Waals surface area contributed by atoms with Crippen LogP contribution in [0.1, 0.15) is 78.4 Å². The van der Waals surface area contributed by atoms with Crippen molar-refractivity contribution in [3.05, 3.63) is 94.5 Å². The average Bonchev–Trinajstić information content (AvgIpc) is 3.14. The van der Waals surface area contributed by atoms with Gasteiger partial charge in [-0.3, -0.25) is 9.59 Å². The molecule has 2 heterocycles. The molecule has 0 saturated carbocycles. The molecule has 0 aromatic heterocycles. The van der Waals surface area contributed by atoms with Crippen LogP contribution in [0.2, 0.25) is 0 Å². The number of benzene rings is 3. The molecule has 2 aliphatic heterocycles. The number of rotatable bonds is 11. The first kappa shape index (κ1) is 43.2. The molecule has 0 bridgehead atoms. The van der Waals surface area contributed by atoms with Crippen LogP contribution in [-0.4, -0.2) is 83.5 Å². The van der Waals surface area contributed by atoms with Crippen LogP contribution in [-0.2, 0) is 46.5 Å². The first-order valence-electron chi connectivity index (χ1n) is 17.8. The number of halogens is 6. The first-order valence-corrected chi connectivity index (χ1v) is 17.8. The van der Waals surface area contributed by atoms with Crippen molar-refractivity contribution < 1.29 is 74.6 Å². The highest BCUT2D eigenvalue weighted by Crippen LogP contribution is 2.49. The fraction of sp³-hybridized carbons (Fsp3) is 0.462. The summed E-state index contributed by atoms with van der Waals surface area (Å²) in [6.45, 7) is 4.08. The van der Waals surface area contributed by atoms with Gasteiger partial charge in [0.2, 0.25) is 0 Å². The molecule has 3 aromatic carbocycles. The highest BCUT2D eigenvalue weighted by molar-refractivity contribution is 5.96. The highest BCUT2D eigenvalue weighted by Gasteiger charge is 2.52. The predicted molar refractivity (Wildman–Crippen MR) is 188 cm³/mol. The average molecular weight is 813 g/mol. The Morgan fingerprint density at radius 2 is 1.30 bits per heavy atom. The molecule has 2 fully saturated rings. The SMILES string of the molecule is COC(=O)c1c(O)c([C@@H]2C[C@@](C)(NC(=O)C(F)(F)F)[C@H](OCc3ccccc3)C(C)O2)cc([C@H]2C[C@@H](NC(=O)C(F)(F)F)[C@H](OCc3ccccc3)C(C)O2)c1O. The molecule has 8 atom stereocenters. The normalized spacial score (nSPS) is 26.7. The molecule has 3 aromatic rings. The van der Waals surface area contributed by atoms with Crippen molar-refractivity contribution in [3.63, 3.8) is 0 Å². The second-order valence-electron chi connectivity index (χ2n) is 14.1. The minimum absolute atomic E-state index is 0.0692. The minimum Gasteiger partial charge on any atom is -0.507 e. The first-order chi connectivity index (χ1) is 26.7. The van der Waals surface area contributed by atoms with Crippen LogP contribution in [0.3, 0.4) is 0 Å². The summed E-state index contributed by atoms with van der Waals surface area (Å²) in [5.41, 5.74) is -1.84. The molecule has 310 valence electrons. The Hall–Kier alpha value is -4.91. The van der Waals surface area contributed by atoms with Crippen molar-refractivity contribution in [1.82, 2.24) is 10.6 Å². The summed E-state index contributed by atoms with van der Waals surface area (Å²) in [7, 11) is 0.946. The van der Waals surface area contributed by atoms with Crippen molar-refractivity contribution in [2.45, 2.75) is 107 Å². The Morgan fingerprint density at radius 3 is 1.82 bits per heavy atom. The molecule has 0 spiro atoms. The number of ether oxygens (including phenoxy) is 5. The number of nitrogens with one attached hydrogen (secondary N) is 2. The molecule has 5 rings (SSSR count). The highest BCUT2D eigenvalue weighted by atomic mass is 19.4. The second kappa shape index (κ2) is 17.3. The molecule has 0 aliphatic carbocycles. The molecule has 2 saturated heterocycles. The zero-order valence-corrected chi connectivity index (χ0v) is 31.1. The lowest BCUT2D eigenvalue weighted by Crippen LogP contribution is -2.64. The second-order valence-corrected chi connectivity index (χ2v) is 14.1. The third kappa shape index (κ3) is 9.98. The van der Waals surface area contributed by atoms with E-state index in [9.17, 15) is 50.9 Å². The summed E-state index contributed by atoms with van der Waals surface area (Å²) in [5, 5.41) is 26.9. The maximum atomic E-state index is 13.7. The van der Waals surface area contributed by atoms with E-state index in [1.54, 1.807) is 60.7 Å². The minimum atomic E-state index is -5.30. The van der Waals surface area contributed by atoms with Crippen LogP contribution in [0.5, 0.6) is 11.5 Å². The van der Waals surface area contributed by atoms with E-state index in [1.165, 1.54) is 20.8 Å². The van der Waals surface area contributed by atoms with Gasteiger partial charge in [-0.25, -0.2) is 4.79 Å². The van der Waals surface area contributed by atoms with Gasteiger partial charge in [0, 0.05) is 24.0 Å². The van der Waals surface area contributed by atoms with Gasteiger partial charge >= 0.3 is 30.1 Å². The Kier molecular flexibility index (Phi) is 13.1. The maximum absolute atomic E-state index is 13.7. The number of amides is 2. The van der Waals surface area contributed by atoms with E-state index in [2.05, 4.69) is 0 Å². The molecule has 4 N–H and O–H groups in total. The van der Waals surface area contributed by atoms with Crippen molar-refractivity contribution in [3.8, 4) is 11.5 Å². The molecule has 18 heteroatoms. The molecular weight excluding hydrogens is 770 g/mol. The van der Waals surface area contributed by atoms with E-state index in [1.807, 2.05) is 10.6 Å². The van der Waals surface area contributed by atoms with Crippen molar-refractivity contribution >= 4 is 17.8 Å². The molecule has 57 heavy (non-hydrogen) atoms. The molecule has 0 radical (unpaired) electrons. The van der Waals surface area contributed by atoms with E-state index in [0.29, 0.717) is 11.1 Å². The number of carbonyl (C=O) groups is 3. The lowest BCUT2D eigenvalue weighted by atomic mass is 9.79. The summed E-state index contributed by atoms with van der Waals surface area (Å²) >= 11 is 0. The van der Waals surface area contributed by atoms with E-state index >= 15 is 0 Å². The number of alkyl halides is 6. The number of aromatic hydroxyl groups is 2. The summed E-state index contributed by atoms with van der Waals surface area (Å²) in [6.07, 6.45) is -18.8. The van der Waals surface area contributed by atoms with Crippen molar-refractivity contribution in [2.75, 3.05) is 7.11 Å². The summed E-state index contributed by atoms with van der Waals surface area (Å²) in [5.74, 6) is -7.58. The molecular formula is C39H42F6N2O10. The van der Waals surface area contributed by atoms with Crippen molar-refractivity contribution in [2.24, 2.45) is 0 Å². The lowest BCUT2D eigenvalue weighted by molar-refractivity contribution is -0.196. The zero-order valence-electron chi connectivity index (χ0n) is 31.1. The van der Waals surface area contributed by atoms with Gasteiger partial charge in [-0.2, -0.15) is 26.3 Å². The Balaban J connectivity index is 1.54. The van der Waals surface area contributed by atoms with Gasteiger partial charge in [0.05, 0.1) is 56.3 Å². The smallest absolute Gasteiger partial charge is 0.471 e. The summed E-state index contributed by atoms with van der Waals surface area (Å²) < 4.78 is 111. The summed E-state index contributed by atoms with van der Waals surface area (Å²) in [4.78, 5) is 37.7. The van der Waals surface area contributed by atoms with Crippen molar-refractivity contribution in [1.29, 1.82) is 0 Å². The van der Waals surface area contributed by atoms with Crippen LogP contribution in [0.25, 0.3) is 0 Å². The van der Waals surface area contributed by atoms with Crippen LogP contribution >= 0.6 is 0 Å². The largest absolute Gasteiger partial charge is 0.507 e. The lowest BCUT2D eigenvalue weighted by Gasteiger charge is -2.48. The van der Waals surface area contributed by atoms with Gasteiger partial charge in [-0.1, -0.05) is 60.7 Å². The fourth-order valence-electron chi connectivity index (χ4n) is 7.30. The number of phenolic OH excluding ortho intramolecular Hbond substituents is 2. The number of phenols is 2. The van der Waals surface area contributed by atoms with Gasteiger partial charge in [0.1, 0.15) is 29.3 Å². The van der Waals surface area contributed by atoms with Crippen LogP contribution in [0, 0.1) is 0 Å². The predicted octanol–water partition coefficient (Wildman–Crippen LogP) is 6.24. The van der Waals surface area contributed by atoms with E-state index in [-0.39, 0.29) is 24.3 Å². The monoisotopic (exact) mass is 812 g/mol. The van der Waals surface area contributed by atoms with Gasteiger partial charge < -0.3 is 44.5 Å². The Labute approximate surface area is 323 Å². The van der Waals surface area contributed by atoms with Crippen LogP contribution < -0.4 is 10.6 Å². The topological polar surface area (TPSA) is 162 Å². The quantitative estimate of drug-likeness (QED) is 0.129. The number of methoxy groups -OCH3 is 1. The molecule has 2 unspecified atom stereocenters. The van der Waals surface area contributed by atoms with E-state index in [4.69, 9.17) is 23.7 Å². The molecule has 2 aliphatic rings. The number of hydrogen-bond donors (Lipinski definition) is 4. The molecule has 12 nitrogen and oxygen atoms in total. The van der Waals surface area contributed by atoms with E-state index in [0.717, 1.165) is 13.2 Å². The Morgan fingerprint density at radius 1 is 0.789 bits per heavy atom. The van der Waals surface area contributed by atoms with Gasteiger partial charge in [0.15, 0.2) is 0 Å². The Bertz CT molecular complexity index is 1900. The number of carbonyl (C=O) groups excluding carboxylic acids is 3.